The highest BCUT2D eigenvalue weighted by Gasteiger charge is 2.31. The molecule has 0 radical (unpaired) electrons. The zero-order valence-corrected chi connectivity index (χ0v) is 12.2. The molecule has 5 N–H and O–H groups in total. The quantitative estimate of drug-likeness (QED) is 0.686. The Morgan fingerprint density at radius 3 is 2.67 bits per heavy atom. The maximum absolute atomic E-state index is 11.4. The number of ether oxygens (including phenoxy) is 1. The summed E-state index contributed by atoms with van der Waals surface area (Å²) < 4.78 is 5.48. The van der Waals surface area contributed by atoms with E-state index in [2.05, 4.69) is 10.2 Å². The molecule has 0 saturated carbocycles. The fourth-order valence-corrected chi connectivity index (χ4v) is 2.23. The van der Waals surface area contributed by atoms with Crippen molar-refractivity contribution >= 4 is 5.91 Å². The zero-order chi connectivity index (χ0) is 15.2. The number of nitrogens with one attached hydrogen (secondary N) is 1. The van der Waals surface area contributed by atoms with Crippen LogP contribution in [0.5, 0.6) is 5.75 Å². The van der Waals surface area contributed by atoms with Gasteiger partial charge in [0.05, 0.1) is 11.6 Å². The Bertz CT molecular complexity index is 507. The summed E-state index contributed by atoms with van der Waals surface area (Å²) in [5.74, 6) is 1.01. The van der Waals surface area contributed by atoms with Gasteiger partial charge >= 0.3 is 0 Å². The molecule has 1 aliphatic heterocycles. The van der Waals surface area contributed by atoms with Gasteiger partial charge in [-0.15, -0.1) is 0 Å². The first-order valence-corrected chi connectivity index (χ1v) is 6.94. The topological polar surface area (TPSA) is 93.6 Å². The predicted molar refractivity (Wildman–Crippen MR) is 81.2 cm³/mol. The second-order valence-electron chi connectivity index (χ2n) is 5.18. The Morgan fingerprint density at radius 1 is 1.43 bits per heavy atom. The molecular weight excluding hydrogens is 268 g/mol. The van der Waals surface area contributed by atoms with E-state index < -0.39 is 0 Å². The Kier molecular flexibility index (Phi) is 5.05. The number of amides is 1. The van der Waals surface area contributed by atoms with Gasteiger partial charge in [0.25, 0.3) is 0 Å². The maximum Gasteiger partial charge on any atom is 0.225 e. The lowest BCUT2D eigenvalue weighted by Crippen LogP contribution is -2.52. The third-order valence-corrected chi connectivity index (χ3v) is 3.52. The first kappa shape index (κ1) is 15.2. The molecule has 0 bridgehead atoms. The third-order valence-electron chi connectivity index (χ3n) is 3.52. The van der Waals surface area contributed by atoms with Gasteiger partial charge in [0.2, 0.25) is 5.91 Å². The van der Waals surface area contributed by atoms with Crippen LogP contribution in [0.15, 0.2) is 36.2 Å². The number of likely N-dealkylation sites (tertiary alicyclic amines) is 1. The van der Waals surface area contributed by atoms with Gasteiger partial charge in [-0.25, -0.2) is 0 Å². The number of benzene rings is 1. The number of hydrogen-bond acceptors (Lipinski definition) is 5. The number of carbonyl (C=O) groups is 1. The first-order chi connectivity index (χ1) is 10.1. The van der Waals surface area contributed by atoms with Crippen LogP contribution in [0.1, 0.15) is 5.56 Å². The van der Waals surface area contributed by atoms with E-state index in [-0.39, 0.29) is 18.4 Å². The van der Waals surface area contributed by atoms with Gasteiger partial charge in [-0.2, -0.15) is 0 Å². The summed E-state index contributed by atoms with van der Waals surface area (Å²) >= 11 is 0. The Labute approximate surface area is 124 Å². The van der Waals surface area contributed by atoms with Crippen molar-refractivity contribution in [2.75, 3.05) is 26.7 Å². The van der Waals surface area contributed by atoms with E-state index in [0.29, 0.717) is 5.70 Å². The summed E-state index contributed by atoms with van der Waals surface area (Å²) in [7, 11) is 1.68. The van der Waals surface area contributed by atoms with E-state index in [1.54, 1.807) is 7.05 Å². The van der Waals surface area contributed by atoms with E-state index in [9.17, 15) is 4.79 Å². The molecule has 1 fully saturated rings. The average molecular weight is 290 g/mol. The van der Waals surface area contributed by atoms with Crippen LogP contribution in [0.2, 0.25) is 0 Å². The van der Waals surface area contributed by atoms with Crippen LogP contribution >= 0.6 is 0 Å². The van der Waals surface area contributed by atoms with Crippen molar-refractivity contribution in [1.82, 2.24) is 10.2 Å². The van der Waals surface area contributed by atoms with Crippen molar-refractivity contribution in [2.24, 2.45) is 17.4 Å². The monoisotopic (exact) mass is 290 g/mol. The number of hydrogen-bond donors (Lipinski definition) is 3. The molecule has 0 unspecified atom stereocenters. The predicted octanol–water partition coefficient (Wildman–Crippen LogP) is 0.00200. The van der Waals surface area contributed by atoms with E-state index in [1.165, 1.54) is 11.8 Å². The summed E-state index contributed by atoms with van der Waals surface area (Å²) in [5, 5.41) is 2.68. The van der Waals surface area contributed by atoms with E-state index >= 15 is 0 Å². The van der Waals surface area contributed by atoms with Crippen LogP contribution in [0.4, 0.5) is 0 Å². The van der Waals surface area contributed by atoms with E-state index in [0.717, 1.165) is 25.4 Å². The lowest BCUT2D eigenvalue weighted by molar-refractivity contribution is -0.129. The zero-order valence-electron chi connectivity index (χ0n) is 12.2. The summed E-state index contributed by atoms with van der Waals surface area (Å²) in [5.41, 5.74) is 12.5. The van der Waals surface area contributed by atoms with Crippen molar-refractivity contribution in [1.29, 1.82) is 0 Å². The number of nitrogens with zero attached hydrogens (tertiary/aromatic N) is 1. The fraction of sp³-hybridized carbons (Fsp3) is 0.400. The molecule has 6 heteroatoms. The molecule has 1 amide bonds. The summed E-state index contributed by atoms with van der Waals surface area (Å²) in [6.07, 6.45) is 1.33. The number of nitrogens with two attached hydrogens (primary N) is 2. The highest BCUT2D eigenvalue weighted by molar-refractivity contribution is 5.79. The van der Waals surface area contributed by atoms with Crippen LogP contribution in [0.3, 0.4) is 0 Å². The summed E-state index contributed by atoms with van der Waals surface area (Å²) in [4.78, 5) is 13.7. The van der Waals surface area contributed by atoms with Crippen LogP contribution in [-0.2, 0) is 11.3 Å². The molecule has 1 saturated heterocycles. The van der Waals surface area contributed by atoms with Crippen LogP contribution in [-0.4, -0.2) is 37.6 Å². The minimum atomic E-state index is 0.126. The molecule has 1 aliphatic rings. The van der Waals surface area contributed by atoms with Crippen molar-refractivity contribution < 1.29 is 9.53 Å². The highest BCUT2D eigenvalue weighted by atomic mass is 16.5. The number of carbonyl (C=O) groups excluding carboxylic acids is 1. The second kappa shape index (κ2) is 6.99. The van der Waals surface area contributed by atoms with Gasteiger partial charge in [0.1, 0.15) is 12.4 Å². The second-order valence-corrected chi connectivity index (χ2v) is 5.18. The van der Waals surface area contributed by atoms with Crippen molar-refractivity contribution in [3.8, 4) is 5.75 Å². The SMILES string of the molecule is CNC(=O)C1CN(Cc2ccc(OC/C(N)=C/N)cc2)C1. The highest BCUT2D eigenvalue weighted by Crippen LogP contribution is 2.20. The number of rotatable bonds is 6. The molecular formula is C15H22N4O2. The molecule has 2 rings (SSSR count). The largest absolute Gasteiger partial charge is 0.487 e. The van der Waals surface area contributed by atoms with Crippen LogP contribution < -0.4 is 21.5 Å². The van der Waals surface area contributed by atoms with Crippen LogP contribution in [0, 0.1) is 5.92 Å². The minimum absolute atomic E-state index is 0.126. The summed E-state index contributed by atoms with van der Waals surface area (Å²) in [6.45, 7) is 2.76. The lowest BCUT2D eigenvalue weighted by Gasteiger charge is -2.38. The Morgan fingerprint density at radius 2 is 2.10 bits per heavy atom. The Balaban J connectivity index is 1.77. The minimum Gasteiger partial charge on any atom is -0.487 e. The lowest BCUT2D eigenvalue weighted by atomic mass is 9.98. The molecule has 1 heterocycles. The fourth-order valence-electron chi connectivity index (χ4n) is 2.23. The van der Waals surface area contributed by atoms with Crippen molar-refractivity contribution in [3.63, 3.8) is 0 Å². The van der Waals surface area contributed by atoms with Crippen LogP contribution in [0.25, 0.3) is 0 Å². The van der Waals surface area contributed by atoms with E-state index in [4.69, 9.17) is 16.2 Å². The van der Waals surface area contributed by atoms with Gasteiger partial charge in [0.15, 0.2) is 0 Å². The molecule has 21 heavy (non-hydrogen) atoms. The maximum atomic E-state index is 11.4. The normalized spacial score (nSPS) is 16.3. The van der Waals surface area contributed by atoms with Gasteiger partial charge in [-0.3, -0.25) is 9.69 Å². The van der Waals surface area contributed by atoms with Gasteiger partial charge in [-0.05, 0) is 17.7 Å². The Hall–Kier alpha value is -2.21. The van der Waals surface area contributed by atoms with Gasteiger partial charge in [0, 0.05) is 32.9 Å². The molecule has 0 spiro atoms. The molecule has 0 aromatic heterocycles. The van der Waals surface area contributed by atoms with Crippen molar-refractivity contribution in [3.05, 3.63) is 41.7 Å². The first-order valence-electron chi connectivity index (χ1n) is 6.94. The van der Waals surface area contributed by atoms with Crippen molar-refractivity contribution in [2.45, 2.75) is 6.54 Å². The molecule has 1 aromatic rings. The average Bonchev–Trinajstić information content (AvgIpc) is 2.48. The molecule has 114 valence electrons. The van der Waals surface area contributed by atoms with Gasteiger partial charge in [-0.1, -0.05) is 12.1 Å². The molecule has 0 aliphatic carbocycles. The molecule has 6 nitrogen and oxygen atoms in total. The third kappa shape index (κ3) is 4.13. The molecule has 0 atom stereocenters. The van der Waals surface area contributed by atoms with E-state index in [1.807, 2.05) is 24.3 Å². The molecule has 1 aromatic carbocycles. The van der Waals surface area contributed by atoms with Gasteiger partial charge < -0.3 is 21.5 Å². The standard InChI is InChI=1S/C15H22N4O2/c1-18-15(20)12-8-19(9-12)7-11-2-4-14(5-3-11)21-10-13(17)6-16/h2-6,12H,7-10,16-17H2,1H3,(H,18,20)/b13-6-. The summed E-state index contributed by atoms with van der Waals surface area (Å²) in [6, 6.07) is 7.86. The smallest absolute Gasteiger partial charge is 0.225 e.